The van der Waals surface area contributed by atoms with E-state index in [1.165, 1.54) is 0 Å². The quantitative estimate of drug-likeness (QED) is 0.754. The second-order valence-electron chi connectivity index (χ2n) is 4.95. The highest BCUT2D eigenvalue weighted by molar-refractivity contribution is 5.96. The fourth-order valence-corrected chi connectivity index (χ4v) is 1.95. The minimum atomic E-state index is 0.657. The fourth-order valence-electron chi connectivity index (χ4n) is 1.95. The molecule has 0 radical (unpaired) electrons. The van der Waals surface area contributed by atoms with E-state index < -0.39 is 0 Å². The maximum atomic E-state index is 5.99. The molecule has 20 heavy (non-hydrogen) atoms. The first-order valence-corrected chi connectivity index (χ1v) is 6.78. The Morgan fingerprint density at radius 2 is 2.05 bits per heavy atom. The van der Waals surface area contributed by atoms with Gasteiger partial charge in [0.2, 0.25) is 0 Å². The van der Waals surface area contributed by atoms with Crippen LogP contribution in [-0.4, -0.2) is 50.3 Å². The van der Waals surface area contributed by atoms with Crippen LogP contribution in [0.4, 0.5) is 11.4 Å². The molecule has 0 aliphatic rings. The summed E-state index contributed by atoms with van der Waals surface area (Å²) < 4.78 is 5.56. The van der Waals surface area contributed by atoms with Gasteiger partial charge in [-0.2, -0.15) is 0 Å². The van der Waals surface area contributed by atoms with Gasteiger partial charge < -0.3 is 20.7 Å². The van der Waals surface area contributed by atoms with E-state index in [2.05, 4.69) is 15.2 Å². The monoisotopic (exact) mass is 274 g/mol. The van der Waals surface area contributed by atoms with Crippen molar-refractivity contribution in [3.05, 3.63) is 30.5 Å². The number of aromatic nitrogens is 1. The highest BCUT2D eigenvalue weighted by Crippen LogP contribution is 2.27. The van der Waals surface area contributed by atoms with Gasteiger partial charge in [0, 0.05) is 18.5 Å². The average molecular weight is 274 g/mol. The van der Waals surface area contributed by atoms with Crippen LogP contribution in [0.15, 0.2) is 30.5 Å². The van der Waals surface area contributed by atoms with Crippen molar-refractivity contribution in [3.8, 4) is 0 Å². The third kappa shape index (κ3) is 3.82. The standard InChI is InChI=1S/C15H22N4O/c1-19(2)8-10-20-9-7-17-15-12-5-3-4-6-14(12)18-11-13(15)16/h3-6,11H,7-10,16H2,1-2H3,(H,17,18). The van der Waals surface area contributed by atoms with E-state index in [-0.39, 0.29) is 0 Å². The first-order chi connectivity index (χ1) is 9.68. The van der Waals surface area contributed by atoms with Crippen LogP contribution in [-0.2, 0) is 4.74 Å². The lowest BCUT2D eigenvalue weighted by atomic mass is 10.1. The van der Waals surface area contributed by atoms with E-state index >= 15 is 0 Å². The topological polar surface area (TPSA) is 63.4 Å². The third-order valence-electron chi connectivity index (χ3n) is 3.04. The molecule has 0 saturated carbocycles. The minimum Gasteiger partial charge on any atom is -0.396 e. The molecule has 0 aliphatic carbocycles. The molecular weight excluding hydrogens is 252 g/mol. The molecule has 2 aromatic rings. The Morgan fingerprint density at radius 1 is 1.25 bits per heavy atom. The maximum Gasteiger partial charge on any atom is 0.0743 e. The normalized spacial score (nSPS) is 11.2. The van der Waals surface area contributed by atoms with E-state index in [1.54, 1.807) is 6.20 Å². The summed E-state index contributed by atoms with van der Waals surface area (Å²) in [5.74, 6) is 0. The van der Waals surface area contributed by atoms with Crippen LogP contribution < -0.4 is 11.1 Å². The van der Waals surface area contributed by atoms with Crippen molar-refractivity contribution in [2.24, 2.45) is 0 Å². The number of likely N-dealkylation sites (N-methyl/N-ethyl adjacent to an activating group) is 1. The molecule has 0 amide bonds. The van der Waals surface area contributed by atoms with Crippen LogP contribution in [0, 0.1) is 0 Å². The Bertz CT molecular complexity index is 557. The number of pyridine rings is 1. The van der Waals surface area contributed by atoms with Gasteiger partial charge >= 0.3 is 0 Å². The number of ether oxygens (including phenoxy) is 1. The molecule has 0 fully saturated rings. The Hall–Kier alpha value is -1.85. The number of fused-ring (bicyclic) bond motifs is 1. The van der Waals surface area contributed by atoms with Crippen LogP contribution in [0.5, 0.6) is 0 Å². The Labute approximate surface area is 119 Å². The molecule has 0 spiro atoms. The van der Waals surface area contributed by atoms with Crippen LogP contribution in [0.1, 0.15) is 0 Å². The van der Waals surface area contributed by atoms with Crippen LogP contribution in [0.3, 0.4) is 0 Å². The molecular formula is C15H22N4O. The lowest BCUT2D eigenvalue weighted by Gasteiger charge is -2.13. The van der Waals surface area contributed by atoms with Crippen LogP contribution >= 0.6 is 0 Å². The zero-order valence-electron chi connectivity index (χ0n) is 12.1. The number of anilines is 2. The first-order valence-electron chi connectivity index (χ1n) is 6.78. The van der Waals surface area contributed by atoms with E-state index in [0.717, 1.165) is 36.3 Å². The number of nitrogens with two attached hydrogens (primary N) is 1. The van der Waals surface area contributed by atoms with Crippen molar-refractivity contribution < 1.29 is 4.74 Å². The Balaban J connectivity index is 1.91. The molecule has 108 valence electrons. The van der Waals surface area contributed by atoms with E-state index in [4.69, 9.17) is 10.5 Å². The molecule has 0 unspecified atom stereocenters. The second kappa shape index (κ2) is 7.07. The molecule has 1 heterocycles. The molecule has 0 bridgehead atoms. The number of nitrogen functional groups attached to an aromatic ring is 1. The summed E-state index contributed by atoms with van der Waals surface area (Å²) in [5.41, 5.74) is 8.54. The number of rotatable bonds is 7. The lowest BCUT2D eigenvalue weighted by Crippen LogP contribution is -2.20. The minimum absolute atomic E-state index is 0.657. The van der Waals surface area contributed by atoms with Crippen molar-refractivity contribution in [1.29, 1.82) is 0 Å². The molecule has 1 aromatic carbocycles. The van der Waals surface area contributed by atoms with Gasteiger partial charge in [0.15, 0.2) is 0 Å². The zero-order valence-corrected chi connectivity index (χ0v) is 12.1. The highest BCUT2D eigenvalue weighted by atomic mass is 16.5. The predicted molar refractivity (Wildman–Crippen MR) is 84.0 cm³/mol. The summed E-state index contributed by atoms with van der Waals surface area (Å²) in [6.45, 7) is 3.05. The van der Waals surface area contributed by atoms with Crippen LogP contribution in [0.2, 0.25) is 0 Å². The summed E-state index contributed by atoms with van der Waals surface area (Å²) >= 11 is 0. The molecule has 0 saturated heterocycles. The van der Waals surface area contributed by atoms with E-state index in [9.17, 15) is 0 Å². The van der Waals surface area contributed by atoms with Crippen molar-refractivity contribution in [2.45, 2.75) is 0 Å². The average Bonchev–Trinajstić information content (AvgIpc) is 2.44. The molecule has 5 heteroatoms. The number of hydrogen-bond donors (Lipinski definition) is 2. The predicted octanol–water partition coefficient (Wildman–Crippen LogP) is 1.81. The third-order valence-corrected chi connectivity index (χ3v) is 3.04. The van der Waals surface area contributed by atoms with Crippen molar-refractivity contribution in [3.63, 3.8) is 0 Å². The van der Waals surface area contributed by atoms with E-state index in [1.807, 2.05) is 38.4 Å². The SMILES string of the molecule is CN(C)CCOCCNc1c(N)cnc2ccccc12. The van der Waals surface area contributed by atoms with E-state index in [0.29, 0.717) is 12.3 Å². The number of para-hydroxylation sites is 1. The van der Waals surface area contributed by atoms with Gasteiger partial charge in [0.1, 0.15) is 0 Å². The van der Waals surface area contributed by atoms with Crippen molar-refractivity contribution in [1.82, 2.24) is 9.88 Å². The summed E-state index contributed by atoms with van der Waals surface area (Å²) in [6, 6.07) is 7.96. The Kier molecular flexibility index (Phi) is 5.15. The van der Waals surface area contributed by atoms with Crippen molar-refractivity contribution in [2.75, 3.05) is 51.4 Å². The molecule has 2 rings (SSSR count). The number of hydrogen-bond acceptors (Lipinski definition) is 5. The number of nitrogens with one attached hydrogen (secondary N) is 1. The smallest absolute Gasteiger partial charge is 0.0743 e. The highest BCUT2D eigenvalue weighted by Gasteiger charge is 2.05. The van der Waals surface area contributed by atoms with Gasteiger partial charge in [-0.3, -0.25) is 4.98 Å². The van der Waals surface area contributed by atoms with Crippen molar-refractivity contribution >= 4 is 22.3 Å². The molecule has 5 nitrogen and oxygen atoms in total. The van der Waals surface area contributed by atoms with Gasteiger partial charge in [0.25, 0.3) is 0 Å². The van der Waals surface area contributed by atoms with Gasteiger partial charge in [0.05, 0.1) is 36.3 Å². The molecule has 3 N–H and O–H groups in total. The van der Waals surface area contributed by atoms with Gasteiger partial charge in [-0.1, -0.05) is 18.2 Å². The molecule has 1 aromatic heterocycles. The number of nitrogens with zero attached hydrogens (tertiary/aromatic N) is 2. The number of benzene rings is 1. The zero-order chi connectivity index (χ0) is 14.4. The summed E-state index contributed by atoms with van der Waals surface area (Å²) in [5, 5.41) is 4.38. The van der Waals surface area contributed by atoms with Gasteiger partial charge in [-0.05, 0) is 20.2 Å². The molecule has 0 atom stereocenters. The summed E-state index contributed by atoms with van der Waals surface area (Å²) in [4.78, 5) is 6.42. The summed E-state index contributed by atoms with van der Waals surface area (Å²) in [7, 11) is 4.07. The molecule has 0 aliphatic heterocycles. The first kappa shape index (κ1) is 14.6. The maximum absolute atomic E-state index is 5.99. The Morgan fingerprint density at radius 3 is 2.85 bits per heavy atom. The largest absolute Gasteiger partial charge is 0.396 e. The second-order valence-corrected chi connectivity index (χ2v) is 4.95. The lowest BCUT2D eigenvalue weighted by molar-refractivity contribution is 0.126. The van der Waals surface area contributed by atoms with Crippen LogP contribution in [0.25, 0.3) is 10.9 Å². The van der Waals surface area contributed by atoms with Gasteiger partial charge in [-0.15, -0.1) is 0 Å². The van der Waals surface area contributed by atoms with Gasteiger partial charge in [-0.25, -0.2) is 0 Å². The fraction of sp³-hybridized carbons (Fsp3) is 0.400. The summed E-state index contributed by atoms with van der Waals surface area (Å²) in [6.07, 6.45) is 1.69.